The van der Waals surface area contributed by atoms with Gasteiger partial charge < -0.3 is 14.8 Å². The zero-order chi connectivity index (χ0) is 18.4. The molecule has 1 saturated heterocycles. The van der Waals surface area contributed by atoms with Crippen molar-refractivity contribution in [3.8, 4) is 5.75 Å². The van der Waals surface area contributed by atoms with Crippen LogP contribution >= 0.6 is 12.4 Å². The number of rotatable bonds is 6. The Morgan fingerprint density at radius 2 is 2.04 bits per heavy atom. The maximum Gasteiger partial charge on any atom is 0.343 e. The fraction of sp³-hybridized carbons (Fsp3) is 0.350. The zero-order valence-corrected chi connectivity index (χ0v) is 16.0. The number of hydrogen-bond acceptors (Lipinski definition) is 5. The first-order chi connectivity index (χ1) is 12.7. The summed E-state index contributed by atoms with van der Waals surface area (Å²) in [5.41, 5.74) is 2.12. The molecule has 146 valence electrons. The SMILES string of the molecule is COC(=O)COc1ccc(CN2CCNCC2c2cccc(F)c2)cc1.Cl. The molecule has 1 aliphatic heterocycles. The van der Waals surface area contributed by atoms with Gasteiger partial charge in [-0.3, -0.25) is 4.90 Å². The quantitative estimate of drug-likeness (QED) is 0.763. The Bertz CT molecular complexity index is 742. The molecule has 0 radical (unpaired) electrons. The molecule has 1 atom stereocenters. The molecule has 27 heavy (non-hydrogen) atoms. The van der Waals surface area contributed by atoms with Gasteiger partial charge in [0.1, 0.15) is 11.6 Å². The molecule has 1 N–H and O–H groups in total. The maximum absolute atomic E-state index is 13.6. The Hall–Kier alpha value is -2.15. The van der Waals surface area contributed by atoms with E-state index in [1.54, 1.807) is 12.1 Å². The summed E-state index contributed by atoms with van der Waals surface area (Å²) in [6.45, 7) is 3.26. The van der Waals surface area contributed by atoms with Gasteiger partial charge in [0.15, 0.2) is 6.61 Å². The second kappa shape index (κ2) is 10.3. The number of ether oxygens (including phenoxy) is 2. The number of carbonyl (C=O) groups excluding carboxylic acids is 1. The van der Waals surface area contributed by atoms with E-state index in [4.69, 9.17) is 4.74 Å². The number of nitrogens with one attached hydrogen (secondary N) is 1. The maximum atomic E-state index is 13.6. The van der Waals surface area contributed by atoms with Gasteiger partial charge in [0.05, 0.1) is 7.11 Å². The normalized spacial score (nSPS) is 17.0. The lowest BCUT2D eigenvalue weighted by Crippen LogP contribution is -2.45. The molecule has 0 aliphatic carbocycles. The summed E-state index contributed by atoms with van der Waals surface area (Å²) in [5.74, 6) is 0.00843. The number of carbonyl (C=O) groups is 1. The van der Waals surface area contributed by atoms with Gasteiger partial charge in [-0.05, 0) is 35.4 Å². The van der Waals surface area contributed by atoms with Crippen molar-refractivity contribution in [3.63, 3.8) is 0 Å². The number of methoxy groups -OCH3 is 1. The third-order valence-electron chi connectivity index (χ3n) is 4.48. The van der Waals surface area contributed by atoms with E-state index in [0.29, 0.717) is 5.75 Å². The summed E-state index contributed by atoms with van der Waals surface area (Å²) in [6, 6.07) is 14.6. The van der Waals surface area contributed by atoms with Crippen molar-refractivity contribution in [1.82, 2.24) is 10.2 Å². The largest absolute Gasteiger partial charge is 0.482 e. The second-order valence-corrected chi connectivity index (χ2v) is 6.25. The number of nitrogens with zero attached hydrogens (tertiary/aromatic N) is 1. The Kier molecular flexibility index (Phi) is 8.03. The molecule has 5 nitrogen and oxygen atoms in total. The molecular weight excluding hydrogens is 371 g/mol. The molecule has 1 fully saturated rings. The molecule has 0 saturated carbocycles. The van der Waals surface area contributed by atoms with Gasteiger partial charge in [0, 0.05) is 32.2 Å². The minimum Gasteiger partial charge on any atom is -0.482 e. The third-order valence-corrected chi connectivity index (χ3v) is 4.48. The van der Waals surface area contributed by atoms with E-state index in [1.165, 1.54) is 13.2 Å². The van der Waals surface area contributed by atoms with Crippen LogP contribution in [0.2, 0.25) is 0 Å². The van der Waals surface area contributed by atoms with Crippen molar-refractivity contribution in [2.24, 2.45) is 0 Å². The number of esters is 1. The Morgan fingerprint density at radius 3 is 2.74 bits per heavy atom. The van der Waals surface area contributed by atoms with Gasteiger partial charge in [-0.2, -0.15) is 0 Å². The lowest BCUT2D eigenvalue weighted by Gasteiger charge is -2.36. The van der Waals surface area contributed by atoms with Gasteiger partial charge >= 0.3 is 5.97 Å². The molecule has 1 unspecified atom stereocenters. The van der Waals surface area contributed by atoms with Crippen LogP contribution in [-0.2, 0) is 16.1 Å². The van der Waals surface area contributed by atoms with E-state index in [-0.39, 0.29) is 30.9 Å². The van der Waals surface area contributed by atoms with Crippen molar-refractivity contribution in [2.75, 3.05) is 33.4 Å². The van der Waals surface area contributed by atoms with Crippen LogP contribution in [0, 0.1) is 5.82 Å². The number of hydrogen-bond donors (Lipinski definition) is 1. The number of halogens is 2. The lowest BCUT2D eigenvalue weighted by atomic mass is 10.0. The van der Waals surface area contributed by atoms with Gasteiger partial charge in [0.2, 0.25) is 0 Å². The molecule has 0 spiro atoms. The van der Waals surface area contributed by atoms with E-state index < -0.39 is 5.97 Å². The first kappa shape index (κ1) is 21.2. The van der Waals surface area contributed by atoms with Crippen LogP contribution < -0.4 is 10.1 Å². The molecular formula is C20H24ClFN2O3. The van der Waals surface area contributed by atoms with Crippen molar-refractivity contribution in [1.29, 1.82) is 0 Å². The zero-order valence-electron chi connectivity index (χ0n) is 15.2. The van der Waals surface area contributed by atoms with E-state index in [0.717, 1.165) is 37.3 Å². The van der Waals surface area contributed by atoms with Crippen LogP contribution in [0.4, 0.5) is 4.39 Å². The van der Waals surface area contributed by atoms with Crippen LogP contribution in [0.1, 0.15) is 17.2 Å². The minimum atomic E-state index is -0.409. The molecule has 1 heterocycles. The van der Waals surface area contributed by atoms with Crippen LogP contribution in [-0.4, -0.2) is 44.2 Å². The standard InChI is InChI=1S/C20H23FN2O3.ClH/c1-25-20(24)14-26-18-7-5-15(6-8-18)13-23-10-9-22-12-19(23)16-3-2-4-17(21)11-16;/h2-8,11,19,22H,9-10,12-14H2,1H3;1H. The fourth-order valence-corrected chi connectivity index (χ4v) is 3.10. The topological polar surface area (TPSA) is 50.8 Å². The van der Waals surface area contributed by atoms with Gasteiger partial charge in [0.25, 0.3) is 0 Å². The van der Waals surface area contributed by atoms with E-state index in [2.05, 4.69) is 15.0 Å². The highest BCUT2D eigenvalue weighted by atomic mass is 35.5. The summed E-state index contributed by atoms with van der Waals surface area (Å²) in [6.07, 6.45) is 0. The van der Waals surface area contributed by atoms with Crippen LogP contribution in [0.25, 0.3) is 0 Å². The predicted octanol–water partition coefficient (Wildman–Crippen LogP) is 2.95. The smallest absolute Gasteiger partial charge is 0.343 e. The van der Waals surface area contributed by atoms with Crippen molar-refractivity contribution >= 4 is 18.4 Å². The van der Waals surface area contributed by atoms with Crippen molar-refractivity contribution < 1.29 is 18.7 Å². The first-order valence-electron chi connectivity index (χ1n) is 8.64. The Balaban J connectivity index is 0.00000261. The molecule has 3 rings (SSSR count). The Labute approximate surface area is 164 Å². The van der Waals surface area contributed by atoms with Crippen LogP contribution in [0.3, 0.4) is 0 Å². The molecule has 0 amide bonds. The fourth-order valence-electron chi connectivity index (χ4n) is 3.10. The van der Waals surface area contributed by atoms with E-state index in [9.17, 15) is 9.18 Å². The summed E-state index contributed by atoms with van der Waals surface area (Å²) in [5, 5.41) is 3.38. The number of benzene rings is 2. The van der Waals surface area contributed by atoms with Crippen molar-refractivity contribution in [3.05, 3.63) is 65.5 Å². The lowest BCUT2D eigenvalue weighted by molar-refractivity contribution is -0.142. The second-order valence-electron chi connectivity index (χ2n) is 6.25. The molecule has 7 heteroatoms. The molecule has 2 aromatic rings. The molecule has 0 bridgehead atoms. The van der Waals surface area contributed by atoms with Gasteiger partial charge in [-0.1, -0.05) is 24.3 Å². The highest BCUT2D eigenvalue weighted by molar-refractivity contribution is 5.85. The summed E-state index contributed by atoms with van der Waals surface area (Å²) in [4.78, 5) is 13.5. The number of piperazine rings is 1. The van der Waals surface area contributed by atoms with Gasteiger partial charge in [-0.25, -0.2) is 9.18 Å². The first-order valence-corrected chi connectivity index (χ1v) is 8.64. The highest BCUT2D eigenvalue weighted by Gasteiger charge is 2.24. The van der Waals surface area contributed by atoms with E-state index in [1.807, 2.05) is 30.3 Å². The third kappa shape index (κ3) is 5.92. The van der Waals surface area contributed by atoms with Crippen LogP contribution in [0.5, 0.6) is 5.75 Å². The van der Waals surface area contributed by atoms with Crippen LogP contribution in [0.15, 0.2) is 48.5 Å². The monoisotopic (exact) mass is 394 g/mol. The average Bonchev–Trinajstić information content (AvgIpc) is 2.67. The molecule has 0 aromatic heterocycles. The highest BCUT2D eigenvalue weighted by Crippen LogP contribution is 2.25. The van der Waals surface area contributed by atoms with Gasteiger partial charge in [-0.15, -0.1) is 12.4 Å². The molecule has 1 aliphatic rings. The predicted molar refractivity (Wildman–Crippen MR) is 104 cm³/mol. The summed E-state index contributed by atoms with van der Waals surface area (Å²) >= 11 is 0. The minimum absolute atomic E-state index is 0. The molecule has 2 aromatic carbocycles. The summed E-state index contributed by atoms with van der Waals surface area (Å²) in [7, 11) is 1.33. The Morgan fingerprint density at radius 1 is 1.26 bits per heavy atom. The average molecular weight is 395 g/mol. The summed E-state index contributed by atoms with van der Waals surface area (Å²) < 4.78 is 23.5. The van der Waals surface area contributed by atoms with E-state index >= 15 is 0 Å². The van der Waals surface area contributed by atoms with Crippen molar-refractivity contribution in [2.45, 2.75) is 12.6 Å².